The molecule has 0 radical (unpaired) electrons. The molecule has 3 heteroatoms. The minimum absolute atomic E-state index is 1.13. The molecule has 0 atom stereocenters. The van der Waals surface area contributed by atoms with E-state index in [-0.39, 0.29) is 0 Å². The van der Waals surface area contributed by atoms with Crippen LogP contribution in [0.2, 0.25) is 0 Å². The van der Waals surface area contributed by atoms with Crippen molar-refractivity contribution in [2.24, 2.45) is 0 Å². The summed E-state index contributed by atoms with van der Waals surface area (Å²) in [4.78, 5) is 6.72. The second kappa shape index (κ2) is 5.36. The molecule has 0 spiro atoms. The fourth-order valence-corrected chi connectivity index (χ4v) is 2.65. The zero-order valence-electron chi connectivity index (χ0n) is 10.6. The lowest BCUT2D eigenvalue weighted by Crippen LogP contribution is -2.34. The van der Waals surface area contributed by atoms with E-state index in [0.717, 1.165) is 26.2 Å². The van der Waals surface area contributed by atoms with Gasteiger partial charge in [0.15, 0.2) is 0 Å². The summed E-state index contributed by atoms with van der Waals surface area (Å²) in [7, 11) is 0. The van der Waals surface area contributed by atoms with E-state index in [9.17, 15) is 0 Å². The van der Waals surface area contributed by atoms with Gasteiger partial charge in [-0.05, 0) is 38.1 Å². The zero-order valence-corrected chi connectivity index (χ0v) is 10.6. The van der Waals surface area contributed by atoms with Crippen LogP contribution in [-0.2, 0) is 0 Å². The molecule has 94 valence electrons. The second-order valence-corrected chi connectivity index (χ2v) is 4.82. The van der Waals surface area contributed by atoms with E-state index >= 15 is 0 Å². The average molecular weight is 241 g/mol. The van der Waals surface area contributed by atoms with Gasteiger partial charge < -0.3 is 10.2 Å². The van der Waals surface area contributed by atoms with Gasteiger partial charge in [0.05, 0.1) is 0 Å². The highest BCUT2D eigenvalue weighted by Gasteiger charge is 2.11. The molecule has 3 rings (SSSR count). The lowest BCUT2D eigenvalue weighted by atomic mass is 10.1. The SMILES string of the molecule is c1cc(N2CCCNCCC2)c2ccncc2c1. The number of benzene rings is 1. The van der Waals surface area contributed by atoms with E-state index in [0.29, 0.717) is 0 Å². The predicted molar refractivity (Wildman–Crippen MR) is 76.1 cm³/mol. The Bertz CT molecular complexity index is 511. The third-order valence-electron chi connectivity index (χ3n) is 3.56. The fraction of sp³-hybridized carbons (Fsp3) is 0.400. The molecule has 2 aromatic rings. The van der Waals surface area contributed by atoms with Gasteiger partial charge in [0.25, 0.3) is 0 Å². The highest BCUT2D eigenvalue weighted by atomic mass is 15.1. The minimum Gasteiger partial charge on any atom is -0.371 e. The first-order valence-electron chi connectivity index (χ1n) is 6.73. The number of aromatic nitrogens is 1. The molecule has 1 aliphatic rings. The first-order chi connectivity index (χ1) is 8.95. The number of anilines is 1. The highest BCUT2D eigenvalue weighted by Crippen LogP contribution is 2.26. The van der Waals surface area contributed by atoms with Gasteiger partial charge in [-0.3, -0.25) is 4.98 Å². The van der Waals surface area contributed by atoms with Crippen molar-refractivity contribution in [1.29, 1.82) is 0 Å². The average Bonchev–Trinajstić information content (AvgIpc) is 2.38. The van der Waals surface area contributed by atoms with Crippen LogP contribution in [0.4, 0.5) is 5.69 Å². The molecule has 1 aromatic heterocycles. The van der Waals surface area contributed by atoms with Crippen molar-refractivity contribution in [3.63, 3.8) is 0 Å². The summed E-state index contributed by atoms with van der Waals surface area (Å²) in [5.74, 6) is 0. The molecule has 0 aliphatic carbocycles. The van der Waals surface area contributed by atoms with Crippen molar-refractivity contribution >= 4 is 16.5 Å². The summed E-state index contributed by atoms with van der Waals surface area (Å²) in [6.45, 7) is 4.52. The molecule has 1 aromatic carbocycles. The number of fused-ring (bicyclic) bond motifs is 1. The number of rotatable bonds is 1. The van der Waals surface area contributed by atoms with E-state index < -0.39 is 0 Å². The van der Waals surface area contributed by atoms with Gasteiger partial charge >= 0.3 is 0 Å². The van der Waals surface area contributed by atoms with Crippen molar-refractivity contribution in [3.8, 4) is 0 Å². The number of hydrogen-bond donors (Lipinski definition) is 1. The van der Waals surface area contributed by atoms with Crippen LogP contribution < -0.4 is 10.2 Å². The first-order valence-corrected chi connectivity index (χ1v) is 6.73. The number of pyridine rings is 1. The van der Waals surface area contributed by atoms with Gasteiger partial charge in [-0.15, -0.1) is 0 Å². The lowest BCUT2D eigenvalue weighted by molar-refractivity contribution is 0.568. The Morgan fingerprint density at radius 2 is 1.89 bits per heavy atom. The fourth-order valence-electron chi connectivity index (χ4n) is 2.65. The first kappa shape index (κ1) is 11.5. The van der Waals surface area contributed by atoms with E-state index in [2.05, 4.69) is 39.5 Å². The van der Waals surface area contributed by atoms with Gasteiger partial charge in [0.1, 0.15) is 0 Å². The Labute approximate surface area is 108 Å². The van der Waals surface area contributed by atoms with Crippen molar-refractivity contribution in [1.82, 2.24) is 10.3 Å². The van der Waals surface area contributed by atoms with Crippen LogP contribution in [0.25, 0.3) is 10.8 Å². The van der Waals surface area contributed by atoms with Crippen molar-refractivity contribution in [3.05, 3.63) is 36.7 Å². The van der Waals surface area contributed by atoms with Crippen LogP contribution in [0.3, 0.4) is 0 Å². The third kappa shape index (κ3) is 2.31. The Morgan fingerprint density at radius 3 is 2.72 bits per heavy atom. The van der Waals surface area contributed by atoms with Gasteiger partial charge in [-0.25, -0.2) is 0 Å². The summed E-state index contributed by atoms with van der Waals surface area (Å²) in [6.07, 6.45) is 6.25. The van der Waals surface area contributed by atoms with Gasteiger partial charge in [-0.2, -0.15) is 0 Å². The summed E-state index contributed by atoms with van der Waals surface area (Å²) in [6, 6.07) is 8.63. The lowest BCUT2D eigenvalue weighted by Gasteiger charge is -2.28. The van der Waals surface area contributed by atoms with Gasteiger partial charge in [0, 0.05) is 41.9 Å². The molecule has 1 saturated heterocycles. The van der Waals surface area contributed by atoms with Crippen molar-refractivity contribution in [2.75, 3.05) is 31.1 Å². The summed E-state index contributed by atoms with van der Waals surface area (Å²) < 4.78 is 0. The molecule has 3 nitrogen and oxygen atoms in total. The van der Waals surface area contributed by atoms with Crippen molar-refractivity contribution in [2.45, 2.75) is 12.8 Å². The molecule has 0 bridgehead atoms. The molecule has 0 amide bonds. The molecule has 18 heavy (non-hydrogen) atoms. The maximum absolute atomic E-state index is 4.20. The molecular formula is C15H19N3. The van der Waals surface area contributed by atoms with E-state index in [1.54, 1.807) is 0 Å². The highest BCUT2D eigenvalue weighted by molar-refractivity contribution is 5.93. The number of nitrogens with zero attached hydrogens (tertiary/aromatic N) is 2. The van der Waals surface area contributed by atoms with Crippen LogP contribution in [0.1, 0.15) is 12.8 Å². The van der Waals surface area contributed by atoms with Crippen LogP contribution in [0, 0.1) is 0 Å². The smallest absolute Gasteiger partial charge is 0.0447 e. The third-order valence-corrected chi connectivity index (χ3v) is 3.56. The molecule has 1 aliphatic heterocycles. The van der Waals surface area contributed by atoms with Crippen LogP contribution in [0.15, 0.2) is 36.7 Å². The standard InChI is InChI=1S/C15H19N3/c1-4-13-12-17-9-6-14(13)15(5-1)18-10-2-7-16-8-3-11-18/h1,4-6,9,12,16H,2-3,7-8,10-11H2. The monoisotopic (exact) mass is 241 g/mol. The minimum atomic E-state index is 1.13. The van der Waals surface area contributed by atoms with E-state index in [1.165, 1.54) is 29.3 Å². The molecular weight excluding hydrogens is 222 g/mol. The number of nitrogens with one attached hydrogen (secondary N) is 1. The largest absolute Gasteiger partial charge is 0.371 e. The normalized spacial score (nSPS) is 17.4. The zero-order chi connectivity index (χ0) is 12.2. The van der Waals surface area contributed by atoms with Crippen LogP contribution >= 0.6 is 0 Å². The summed E-state index contributed by atoms with van der Waals surface area (Å²) in [5.41, 5.74) is 1.36. The number of hydrogen-bond acceptors (Lipinski definition) is 3. The topological polar surface area (TPSA) is 28.2 Å². The Balaban J connectivity index is 1.96. The van der Waals surface area contributed by atoms with Gasteiger partial charge in [0.2, 0.25) is 0 Å². The molecule has 1 N–H and O–H groups in total. The Hall–Kier alpha value is -1.61. The predicted octanol–water partition coefficient (Wildman–Crippen LogP) is 2.42. The Kier molecular flexibility index (Phi) is 3.42. The van der Waals surface area contributed by atoms with Crippen LogP contribution in [-0.4, -0.2) is 31.2 Å². The van der Waals surface area contributed by atoms with Gasteiger partial charge in [-0.1, -0.05) is 12.1 Å². The molecule has 1 fully saturated rings. The maximum Gasteiger partial charge on any atom is 0.0447 e. The summed E-state index contributed by atoms with van der Waals surface area (Å²) >= 11 is 0. The van der Waals surface area contributed by atoms with Crippen LogP contribution in [0.5, 0.6) is 0 Å². The summed E-state index contributed by atoms with van der Waals surface area (Å²) in [5, 5.41) is 6.01. The second-order valence-electron chi connectivity index (χ2n) is 4.82. The molecule has 2 heterocycles. The quantitative estimate of drug-likeness (QED) is 0.831. The van der Waals surface area contributed by atoms with E-state index in [1.807, 2.05) is 12.4 Å². The molecule has 0 unspecified atom stereocenters. The molecule has 0 saturated carbocycles. The Morgan fingerprint density at radius 1 is 1.06 bits per heavy atom. The van der Waals surface area contributed by atoms with Crippen molar-refractivity contribution < 1.29 is 0 Å². The van der Waals surface area contributed by atoms with E-state index in [4.69, 9.17) is 0 Å². The maximum atomic E-state index is 4.20.